The van der Waals surface area contributed by atoms with Crippen molar-refractivity contribution in [1.82, 2.24) is 0 Å². The van der Waals surface area contributed by atoms with Gasteiger partial charge in [-0.15, -0.1) is 0 Å². The standard InChI is InChI=1S/C30H42O3/c1-4-24-19-28(12-10-25(24)11-13-29(33)22(2)3)30(15-6-5-7-16-30)17-14-23-8-9-26(20-31)27(18-23)21-32/h8-13,18-19,22,29,31-33H,4-7,14-17,20-21H2,1-3H3. The number of rotatable bonds is 10. The zero-order chi connectivity index (χ0) is 23.8. The molecule has 2 aromatic carbocycles. The largest absolute Gasteiger partial charge is 0.392 e. The van der Waals surface area contributed by atoms with E-state index in [4.69, 9.17) is 0 Å². The topological polar surface area (TPSA) is 60.7 Å². The van der Waals surface area contributed by atoms with Crippen molar-refractivity contribution in [3.05, 3.63) is 75.9 Å². The fourth-order valence-corrected chi connectivity index (χ4v) is 5.26. The van der Waals surface area contributed by atoms with Gasteiger partial charge in [0, 0.05) is 0 Å². The van der Waals surface area contributed by atoms with Crippen LogP contribution in [-0.2, 0) is 31.5 Å². The number of hydrogen-bond acceptors (Lipinski definition) is 3. The van der Waals surface area contributed by atoms with Gasteiger partial charge in [0.1, 0.15) is 0 Å². The van der Waals surface area contributed by atoms with E-state index < -0.39 is 6.10 Å². The highest BCUT2D eigenvalue weighted by molar-refractivity contribution is 5.56. The summed E-state index contributed by atoms with van der Waals surface area (Å²) in [5.74, 6) is 0.217. The van der Waals surface area contributed by atoms with Crippen LogP contribution in [0.15, 0.2) is 42.5 Å². The van der Waals surface area contributed by atoms with Crippen molar-refractivity contribution < 1.29 is 15.3 Å². The molecule has 0 spiro atoms. The molecule has 33 heavy (non-hydrogen) atoms. The minimum Gasteiger partial charge on any atom is -0.392 e. The van der Waals surface area contributed by atoms with E-state index in [2.05, 4.69) is 43.3 Å². The first-order valence-corrected chi connectivity index (χ1v) is 12.7. The van der Waals surface area contributed by atoms with Crippen molar-refractivity contribution in [2.24, 2.45) is 5.92 Å². The van der Waals surface area contributed by atoms with E-state index in [-0.39, 0.29) is 24.5 Å². The predicted octanol–water partition coefficient (Wildman–Crippen LogP) is 6.10. The Labute approximate surface area is 200 Å². The highest BCUT2D eigenvalue weighted by Crippen LogP contribution is 2.43. The molecule has 1 aliphatic rings. The third-order valence-corrected chi connectivity index (χ3v) is 7.61. The summed E-state index contributed by atoms with van der Waals surface area (Å²) in [6.45, 7) is 6.21. The molecule has 0 amide bonds. The fourth-order valence-electron chi connectivity index (χ4n) is 5.26. The summed E-state index contributed by atoms with van der Waals surface area (Å²) in [4.78, 5) is 0. The zero-order valence-corrected chi connectivity index (χ0v) is 20.7. The van der Waals surface area contributed by atoms with Crippen molar-refractivity contribution in [1.29, 1.82) is 0 Å². The number of aryl methyl sites for hydroxylation is 2. The molecule has 1 saturated carbocycles. The van der Waals surface area contributed by atoms with Crippen molar-refractivity contribution in [3.63, 3.8) is 0 Å². The Morgan fingerprint density at radius 1 is 0.909 bits per heavy atom. The molecule has 1 fully saturated rings. The van der Waals surface area contributed by atoms with Gasteiger partial charge in [0.25, 0.3) is 0 Å². The van der Waals surface area contributed by atoms with Gasteiger partial charge in [-0.1, -0.05) is 88.6 Å². The quantitative estimate of drug-likeness (QED) is 0.410. The average molecular weight is 451 g/mol. The first kappa shape index (κ1) is 25.7. The van der Waals surface area contributed by atoms with E-state index in [1.165, 1.54) is 54.4 Å². The molecular weight excluding hydrogens is 408 g/mol. The molecule has 1 unspecified atom stereocenters. The van der Waals surface area contributed by atoms with Crippen LogP contribution in [0.5, 0.6) is 0 Å². The zero-order valence-electron chi connectivity index (χ0n) is 20.7. The van der Waals surface area contributed by atoms with E-state index in [1.807, 2.05) is 26.0 Å². The highest BCUT2D eigenvalue weighted by atomic mass is 16.3. The predicted molar refractivity (Wildman–Crippen MR) is 137 cm³/mol. The van der Waals surface area contributed by atoms with Gasteiger partial charge >= 0.3 is 0 Å². The van der Waals surface area contributed by atoms with Crippen LogP contribution in [0.4, 0.5) is 0 Å². The summed E-state index contributed by atoms with van der Waals surface area (Å²) in [6.07, 6.45) is 12.9. The molecule has 0 radical (unpaired) electrons. The number of aliphatic hydroxyl groups is 3. The van der Waals surface area contributed by atoms with Gasteiger partial charge in [0.15, 0.2) is 0 Å². The van der Waals surface area contributed by atoms with Gasteiger partial charge in [-0.25, -0.2) is 0 Å². The maximum absolute atomic E-state index is 10.2. The number of hydrogen-bond donors (Lipinski definition) is 3. The lowest BCUT2D eigenvalue weighted by atomic mass is 9.66. The first-order chi connectivity index (χ1) is 15.9. The molecular formula is C30H42O3. The molecule has 1 aliphatic carbocycles. The Morgan fingerprint density at radius 2 is 1.64 bits per heavy atom. The maximum atomic E-state index is 10.2. The third kappa shape index (κ3) is 6.35. The molecule has 1 atom stereocenters. The summed E-state index contributed by atoms with van der Waals surface area (Å²) in [5.41, 5.74) is 7.08. The van der Waals surface area contributed by atoms with Crippen LogP contribution in [0.1, 0.15) is 92.7 Å². The van der Waals surface area contributed by atoms with Gasteiger partial charge in [-0.3, -0.25) is 0 Å². The Morgan fingerprint density at radius 3 is 2.27 bits per heavy atom. The molecule has 3 nitrogen and oxygen atoms in total. The van der Waals surface area contributed by atoms with Gasteiger partial charge in [0.05, 0.1) is 19.3 Å². The molecule has 3 N–H and O–H groups in total. The highest BCUT2D eigenvalue weighted by Gasteiger charge is 2.33. The minimum atomic E-state index is -0.417. The van der Waals surface area contributed by atoms with Gasteiger partial charge in [-0.2, -0.15) is 0 Å². The lowest BCUT2D eigenvalue weighted by Crippen LogP contribution is -2.30. The first-order valence-electron chi connectivity index (χ1n) is 12.7. The van der Waals surface area contributed by atoms with Crippen LogP contribution in [0, 0.1) is 5.92 Å². The lowest BCUT2D eigenvalue weighted by molar-refractivity contribution is 0.173. The summed E-state index contributed by atoms with van der Waals surface area (Å²) in [7, 11) is 0. The van der Waals surface area contributed by atoms with Crippen molar-refractivity contribution in [2.45, 2.75) is 96.9 Å². The molecule has 0 aliphatic heterocycles. The second-order valence-corrected chi connectivity index (χ2v) is 10.1. The van der Waals surface area contributed by atoms with Gasteiger partial charge in [0.2, 0.25) is 0 Å². The van der Waals surface area contributed by atoms with E-state index in [0.717, 1.165) is 30.4 Å². The van der Waals surface area contributed by atoms with Crippen molar-refractivity contribution in [2.75, 3.05) is 0 Å². The summed E-state index contributed by atoms with van der Waals surface area (Å²) < 4.78 is 0. The minimum absolute atomic E-state index is 0.0325. The smallest absolute Gasteiger partial charge is 0.0747 e. The molecule has 0 aromatic heterocycles. The molecule has 0 bridgehead atoms. The Hall–Kier alpha value is -1.94. The lowest BCUT2D eigenvalue weighted by Gasteiger charge is -2.39. The van der Waals surface area contributed by atoms with Crippen molar-refractivity contribution in [3.8, 4) is 0 Å². The SMILES string of the molecule is CCc1cc(C2(CCc3ccc(CO)c(CO)c3)CCCCC2)ccc1C=CC(O)C(C)C. The van der Waals surface area contributed by atoms with Gasteiger partial charge in [-0.05, 0) is 76.8 Å². The Kier molecular flexibility index (Phi) is 9.31. The summed E-state index contributed by atoms with van der Waals surface area (Å²) >= 11 is 0. The third-order valence-electron chi connectivity index (χ3n) is 7.61. The molecule has 3 heteroatoms. The van der Waals surface area contributed by atoms with Crippen LogP contribution in [-0.4, -0.2) is 21.4 Å². The molecule has 0 saturated heterocycles. The number of aliphatic hydroxyl groups excluding tert-OH is 3. The van der Waals surface area contributed by atoms with Crippen LogP contribution < -0.4 is 0 Å². The second-order valence-electron chi connectivity index (χ2n) is 10.1. The van der Waals surface area contributed by atoms with Crippen LogP contribution in [0.25, 0.3) is 6.08 Å². The van der Waals surface area contributed by atoms with Crippen LogP contribution in [0.3, 0.4) is 0 Å². The summed E-state index contributed by atoms with van der Waals surface area (Å²) in [6, 6.07) is 13.1. The van der Waals surface area contributed by atoms with Gasteiger partial charge < -0.3 is 15.3 Å². The Bertz CT molecular complexity index is 922. The molecule has 2 aromatic rings. The average Bonchev–Trinajstić information content (AvgIpc) is 2.86. The van der Waals surface area contributed by atoms with E-state index in [0.29, 0.717) is 0 Å². The molecule has 0 heterocycles. The summed E-state index contributed by atoms with van der Waals surface area (Å²) in [5, 5.41) is 29.4. The second kappa shape index (κ2) is 12.0. The van der Waals surface area contributed by atoms with E-state index in [1.54, 1.807) is 0 Å². The normalized spacial score (nSPS) is 17.1. The Balaban J connectivity index is 1.86. The van der Waals surface area contributed by atoms with Crippen LogP contribution in [0.2, 0.25) is 0 Å². The monoisotopic (exact) mass is 450 g/mol. The van der Waals surface area contributed by atoms with E-state index >= 15 is 0 Å². The molecule has 180 valence electrons. The fraction of sp³-hybridized carbons (Fsp3) is 0.533. The van der Waals surface area contributed by atoms with Crippen LogP contribution >= 0.6 is 0 Å². The molecule has 3 rings (SSSR count). The maximum Gasteiger partial charge on any atom is 0.0747 e. The number of benzene rings is 2. The van der Waals surface area contributed by atoms with Crippen molar-refractivity contribution >= 4 is 6.08 Å². The van der Waals surface area contributed by atoms with E-state index in [9.17, 15) is 15.3 Å².